The Labute approximate surface area is 126 Å². The lowest BCUT2D eigenvalue weighted by molar-refractivity contribution is -0.154. The Morgan fingerprint density at radius 3 is 2.68 bits per heavy atom. The minimum atomic E-state index is -0.972. The van der Waals surface area contributed by atoms with Crippen molar-refractivity contribution in [3.05, 3.63) is 29.2 Å². The molecule has 0 atom stereocenters. The van der Waals surface area contributed by atoms with Crippen LogP contribution in [0.15, 0.2) is 22.1 Å². The number of hydrogen-bond donors (Lipinski definition) is 2. The van der Waals surface area contributed by atoms with E-state index in [2.05, 4.69) is 15.4 Å². The molecule has 2 amide bonds. The predicted molar refractivity (Wildman–Crippen MR) is 74.8 cm³/mol. The predicted octanol–water partition coefficient (Wildman–Crippen LogP) is 0.112. The van der Waals surface area contributed by atoms with E-state index in [-0.39, 0.29) is 24.5 Å². The van der Waals surface area contributed by atoms with Crippen molar-refractivity contribution in [1.29, 1.82) is 5.26 Å². The number of nitriles is 1. The molecule has 1 rings (SSSR count). The molecular weight excluding hydrogens is 290 g/mol. The third-order valence-corrected chi connectivity index (χ3v) is 2.45. The Morgan fingerprint density at radius 2 is 2.09 bits per heavy atom. The quantitative estimate of drug-likeness (QED) is 0.345. The smallest absolute Gasteiger partial charge is 0.396 e. The molecule has 0 fully saturated rings. The van der Waals surface area contributed by atoms with E-state index in [1.165, 1.54) is 19.2 Å². The van der Waals surface area contributed by atoms with Gasteiger partial charge in [-0.3, -0.25) is 9.59 Å². The van der Waals surface area contributed by atoms with Crippen LogP contribution in [-0.2, 0) is 25.7 Å². The lowest BCUT2D eigenvalue weighted by atomic mass is 10.2. The lowest BCUT2D eigenvalue weighted by Gasteiger charge is -2.02. The van der Waals surface area contributed by atoms with E-state index in [0.29, 0.717) is 5.76 Å². The summed E-state index contributed by atoms with van der Waals surface area (Å²) in [6, 6.07) is 4.83. The summed E-state index contributed by atoms with van der Waals surface area (Å²) >= 11 is 0. The summed E-state index contributed by atoms with van der Waals surface area (Å²) in [6.45, 7) is 1.68. The number of nitrogens with zero attached hydrogens (tertiary/aromatic N) is 1. The third kappa shape index (κ3) is 4.79. The van der Waals surface area contributed by atoms with Gasteiger partial charge in [0.2, 0.25) is 0 Å². The van der Waals surface area contributed by atoms with Gasteiger partial charge in [0.05, 0.1) is 13.2 Å². The summed E-state index contributed by atoms with van der Waals surface area (Å²) in [5.74, 6) is -1.74. The maximum atomic E-state index is 11.4. The summed E-state index contributed by atoms with van der Waals surface area (Å²) in [4.78, 5) is 33.8. The molecule has 0 aliphatic heterocycles. The molecule has 8 nitrogen and oxygen atoms in total. The number of carbonyl (C=O) groups excluding carboxylic acids is 3. The van der Waals surface area contributed by atoms with Gasteiger partial charge in [-0.05, 0) is 19.1 Å². The van der Waals surface area contributed by atoms with E-state index in [4.69, 9.17) is 9.68 Å². The van der Waals surface area contributed by atoms with E-state index in [9.17, 15) is 14.4 Å². The van der Waals surface area contributed by atoms with Gasteiger partial charge in [0.25, 0.3) is 5.91 Å². The monoisotopic (exact) mass is 305 g/mol. The molecule has 1 aromatic heterocycles. The first-order chi connectivity index (χ1) is 10.5. The summed E-state index contributed by atoms with van der Waals surface area (Å²) in [7, 11) is 1.41. The van der Waals surface area contributed by atoms with Crippen LogP contribution in [0.3, 0.4) is 0 Å². The molecule has 0 saturated carbocycles. The highest BCUT2D eigenvalue weighted by molar-refractivity contribution is 6.32. The van der Waals surface area contributed by atoms with Crippen molar-refractivity contribution in [2.45, 2.75) is 13.5 Å². The molecule has 8 heteroatoms. The first-order valence-electron chi connectivity index (χ1n) is 6.39. The van der Waals surface area contributed by atoms with Crippen LogP contribution in [0.1, 0.15) is 18.4 Å². The second-order valence-corrected chi connectivity index (χ2v) is 3.96. The third-order valence-electron chi connectivity index (χ3n) is 2.45. The van der Waals surface area contributed by atoms with Crippen LogP contribution in [0.25, 0.3) is 6.08 Å². The fourth-order valence-electron chi connectivity index (χ4n) is 1.43. The second kappa shape index (κ2) is 8.26. The van der Waals surface area contributed by atoms with Gasteiger partial charge in [-0.2, -0.15) is 5.26 Å². The second-order valence-electron chi connectivity index (χ2n) is 3.96. The zero-order chi connectivity index (χ0) is 16.5. The minimum absolute atomic E-state index is 0.0205. The van der Waals surface area contributed by atoms with Crippen molar-refractivity contribution in [2.24, 2.45) is 0 Å². The molecule has 116 valence electrons. The van der Waals surface area contributed by atoms with Gasteiger partial charge in [-0.1, -0.05) is 0 Å². The van der Waals surface area contributed by atoms with Gasteiger partial charge in [-0.15, -0.1) is 0 Å². The molecule has 0 aliphatic carbocycles. The molecule has 1 aromatic rings. The lowest BCUT2D eigenvalue weighted by Crippen LogP contribution is -2.31. The highest BCUT2D eigenvalue weighted by atomic mass is 16.5. The normalized spacial score (nSPS) is 10.5. The van der Waals surface area contributed by atoms with Crippen molar-refractivity contribution in [2.75, 3.05) is 13.7 Å². The highest BCUT2D eigenvalue weighted by Crippen LogP contribution is 2.12. The number of hydrogen-bond acceptors (Lipinski definition) is 6. The topological polar surface area (TPSA) is 121 Å². The van der Waals surface area contributed by atoms with E-state index in [1.54, 1.807) is 19.1 Å². The Balaban J connectivity index is 2.67. The molecule has 0 radical (unpaired) electrons. The fourth-order valence-corrected chi connectivity index (χ4v) is 1.43. The standard InChI is InChI=1S/C14H15N3O5/c1-3-21-14(20)13(19)17-8-11-5-4-10(22-11)6-9(7-15)12(18)16-2/h4-6H,3,8H2,1-2H3,(H,16,18)(H,17,19)/b9-6-. The van der Waals surface area contributed by atoms with E-state index < -0.39 is 17.8 Å². The van der Waals surface area contributed by atoms with Crippen LogP contribution >= 0.6 is 0 Å². The molecule has 0 saturated heterocycles. The summed E-state index contributed by atoms with van der Waals surface area (Å²) in [5, 5.41) is 13.5. The molecule has 0 spiro atoms. The van der Waals surface area contributed by atoms with Gasteiger partial charge in [0.15, 0.2) is 0 Å². The van der Waals surface area contributed by atoms with Gasteiger partial charge < -0.3 is 19.8 Å². The molecule has 2 N–H and O–H groups in total. The molecule has 0 bridgehead atoms. The van der Waals surface area contributed by atoms with Crippen LogP contribution in [-0.4, -0.2) is 31.4 Å². The highest BCUT2D eigenvalue weighted by Gasteiger charge is 2.15. The van der Waals surface area contributed by atoms with Crippen LogP contribution in [0.4, 0.5) is 0 Å². The fraction of sp³-hybridized carbons (Fsp3) is 0.286. The molecule has 22 heavy (non-hydrogen) atoms. The Kier molecular flexibility index (Phi) is 6.37. The number of likely N-dealkylation sites (N-methyl/N-ethyl adjacent to an activating group) is 1. The van der Waals surface area contributed by atoms with Gasteiger partial charge in [0, 0.05) is 13.1 Å². The van der Waals surface area contributed by atoms with E-state index in [1.807, 2.05) is 0 Å². The maximum absolute atomic E-state index is 11.4. The largest absolute Gasteiger partial charge is 0.460 e. The number of carbonyl (C=O) groups is 3. The molecule has 1 heterocycles. The van der Waals surface area contributed by atoms with Crippen molar-refractivity contribution in [3.8, 4) is 6.07 Å². The van der Waals surface area contributed by atoms with Crippen LogP contribution in [0, 0.1) is 11.3 Å². The number of esters is 1. The van der Waals surface area contributed by atoms with Crippen LogP contribution < -0.4 is 10.6 Å². The van der Waals surface area contributed by atoms with Gasteiger partial charge in [0.1, 0.15) is 23.2 Å². The summed E-state index contributed by atoms with van der Waals surface area (Å²) < 4.78 is 9.86. The molecule has 0 aromatic carbocycles. The SMILES string of the molecule is CCOC(=O)C(=O)NCc1ccc(/C=C(/C#N)C(=O)NC)o1. The van der Waals surface area contributed by atoms with Gasteiger partial charge >= 0.3 is 11.9 Å². The average molecular weight is 305 g/mol. The number of rotatable bonds is 5. The Hall–Kier alpha value is -3.08. The van der Waals surface area contributed by atoms with Crippen LogP contribution in [0.2, 0.25) is 0 Å². The zero-order valence-electron chi connectivity index (χ0n) is 12.1. The van der Waals surface area contributed by atoms with E-state index in [0.717, 1.165) is 0 Å². The summed E-state index contributed by atoms with van der Waals surface area (Å²) in [6.07, 6.45) is 1.27. The maximum Gasteiger partial charge on any atom is 0.396 e. The number of nitrogens with one attached hydrogen (secondary N) is 2. The van der Waals surface area contributed by atoms with Crippen molar-refractivity contribution >= 4 is 23.9 Å². The van der Waals surface area contributed by atoms with Crippen molar-refractivity contribution in [3.63, 3.8) is 0 Å². The summed E-state index contributed by atoms with van der Waals surface area (Å²) in [5.41, 5.74) is -0.112. The Morgan fingerprint density at radius 1 is 1.36 bits per heavy atom. The molecule has 0 aliphatic rings. The number of ether oxygens (including phenoxy) is 1. The number of amides is 2. The zero-order valence-corrected chi connectivity index (χ0v) is 12.1. The number of furan rings is 1. The minimum Gasteiger partial charge on any atom is -0.460 e. The van der Waals surface area contributed by atoms with Crippen LogP contribution in [0.5, 0.6) is 0 Å². The van der Waals surface area contributed by atoms with Crippen molar-refractivity contribution < 1.29 is 23.5 Å². The first kappa shape index (κ1) is 17.0. The Bertz CT molecular complexity index is 639. The van der Waals surface area contributed by atoms with Crippen molar-refractivity contribution in [1.82, 2.24) is 10.6 Å². The first-order valence-corrected chi connectivity index (χ1v) is 6.39. The van der Waals surface area contributed by atoms with Gasteiger partial charge in [-0.25, -0.2) is 4.79 Å². The molecular formula is C14H15N3O5. The van der Waals surface area contributed by atoms with E-state index >= 15 is 0 Å². The molecule has 0 unspecified atom stereocenters. The average Bonchev–Trinajstić information content (AvgIpc) is 2.97.